The zero-order chi connectivity index (χ0) is 30.3. The minimum Gasteiger partial charge on any atom is -0.456 e. The molecule has 0 aliphatic heterocycles. The number of carbonyl (C=O) groups is 2. The minimum atomic E-state index is -1.54. The second-order valence-corrected chi connectivity index (χ2v) is 10.1. The topological polar surface area (TPSA) is 164 Å². The van der Waals surface area contributed by atoms with E-state index < -0.39 is 17.7 Å². The molecule has 0 unspecified atom stereocenters. The molecule has 0 amide bonds. The summed E-state index contributed by atoms with van der Waals surface area (Å²) in [5.41, 5.74) is 1.92. The summed E-state index contributed by atoms with van der Waals surface area (Å²) in [6, 6.07) is 15.2. The van der Waals surface area contributed by atoms with Crippen LogP contribution >= 0.6 is 0 Å². The highest BCUT2D eigenvalue weighted by atomic mass is 16.7. The Morgan fingerprint density at radius 1 is 1.02 bits per heavy atom. The van der Waals surface area contributed by atoms with Crippen molar-refractivity contribution in [2.24, 2.45) is 0 Å². The van der Waals surface area contributed by atoms with Crippen LogP contribution in [0, 0.1) is 0 Å². The molecule has 0 aliphatic rings. The molecule has 0 aliphatic carbocycles. The van der Waals surface area contributed by atoms with Crippen LogP contribution in [0.15, 0.2) is 48.5 Å². The van der Waals surface area contributed by atoms with Crippen LogP contribution < -0.4 is 0 Å². The number of H-pyrrole nitrogens is 1. The van der Waals surface area contributed by atoms with Gasteiger partial charge in [-0.05, 0) is 61.7 Å². The van der Waals surface area contributed by atoms with Gasteiger partial charge < -0.3 is 24.1 Å². The fourth-order valence-electron chi connectivity index (χ4n) is 4.26. The van der Waals surface area contributed by atoms with Gasteiger partial charge >= 0.3 is 12.1 Å². The van der Waals surface area contributed by atoms with Gasteiger partial charge in [-0.2, -0.15) is 0 Å². The predicted molar refractivity (Wildman–Crippen MR) is 150 cm³/mol. The van der Waals surface area contributed by atoms with Crippen LogP contribution in [0.4, 0.5) is 4.79 Å². The van der Waals surface area contributed by atoms with Crippen LogP contribution in [0.1, 0.15) is 62.2 Å². The average molecular weight is 579 g/mol. The van der Waals surface area contributed by atoms with E-state index in [1.165, 1.54) is 18.4 Å². The molecule has 2 N–H and O–H groups in total. The Morgan fingerprint density at radius 3 is 2.36 bits per heavy atom. The lowest BCUT2D eigenvalue weighted by molar-refractivity contribution is 0.00619. The van der Waals surface area contributed by atoms with Gasteiger partial charge in [-0.3, -0.25) is 4.57 Å². The van der Waals surface area contributed by atoms with E-state index >= 15 is 0 Å². The number of tetrazole rings is 1. The lowest BCUT2D eigenvalue weighted by atomic mass is 9.98. The SMILES string of the molecule is CCOCc1nc(C(=O)OCc2ccc(-c3ccccc3-c3nnn[nH]3)cc2)c(C(C)(C)O)n1COC(=O)OC(C)C. The third kappa shape index (κ3) is 7.36. The van der Waals surface area contributed by atoms with Gasteiger partial charge in [0.1, 0.15) is 24.6 Å². The number of nitrogens with one attached hydrogen (secondary N) is 1. The first-order valence-electron chi connectivity index (χ1n) is 13.4. The highest BCUT2D eigenvalue weighted by Crippen LogP contribution is 2.30. The number of carbonyl (C=O) groups excluding carboxylic acids is 2. The van der Waals surface area contributed by atoms with Crippen molar-refractivity contribution in [2.45, 2.75) is 66.3 Å². The predicted octanol–water partition coefficient (Wildman–Crippen LogP) is 4.37. The lowest BCUT2D eigenvalue weighted by Gasteiger charge is -2.22. The average Bonchev–Trinajstić information content (AvgIpc) is 3.62. The molecule has 0 saturated carbocycles. The highest BCUT2D eigenvalue weighted by Gasteiger charge is 2.33. The highest BCUT2D eigenvalue weighted by molar-refractivity contribution is 5.89. The maximum atomic E-state index is 13.3. The van der Waals surface area contributed by atoms with Crippen molar-refractivity contribution in [3.8, 4) is 22.5 Å². The first-order valence-corrected chi connectivity index (χ1v) is 13.4. The Balaban J connectivity index is 1.53. The van der Waals surface area contributed by atoms with Crippen molar-refractivity contribution in [3.05, 3.63) is 71.3 Å². The molecule has 2 aromatic carbocycles. The number of hydrogen-bond acceptors (Lipinski definition) is 11. The molecule has 0 atom stereocenters. The molecule has 13 nitrogen and oxygen atoms in total. The van der Waals surface area contributed by atoms with Crippen LogP contribution in [0.3, 0.4) is 0 Å². The number of aromatic amines is 1. The van der Waals surface area contributed by atoms with Gasteiger partial charge in [0.15, 0.2) is 18.2 Å². The molecule has 0 fully saturated rings. The van der Waals surface area contributed by atoms with Crippen LogP contribution in [-0.2, 0) is 44.5 Å². The zero-order valence-electron chi connectivity index (χ0n) is 24.2. The molecule has 42 heavy (non-hydrogen) atoms. The van der Waals surface area contributed by atoms with Gasteiger partial charge in [0.2, 0.25) is 0 Å². The molecule has 4 rings (SSSR count). The second-order valence-electron chi connectivity index (χ2n) is 10.1. The zero-order valence-corrected chi connectivity index (χ0v) is 24.2. The molecule has 4 aromatic rings. The molecule has 0 radical (unpaired) electrons. The van der Waals surface area contributed by atoms with E-state index in [0.29, 0.717) is 12.4 Å². The summed E-state index contributed by atoms with van der Waals surface area (Å²) in [6.45, 7) is 8.21. The number of hydrogen-bond donors (Lipinski definition) is 2. The van der Waals surface area contributed by atoms with Gasteiger partial charge in [0, 0.05) is 12.2 Å². The summed E-state index contributed by atoms with van der Waals surface area (Å²) in [5, 5.41) is 25.1. The van der Waals surface area contributed by atoms with E-state index in [9.17, 15) is 14.7 Å². The molecule has 2 aromatic heterocycles. The number of rotatable bonds is 12. The minimum absolute atomic E-state index is 0.0164. The van der Waals surface area contributed by atoms with Crippen molar-refractivity contribution in [1.82, 2.24) is 30.2 Å². The number of benzene rings is 2. The first kappa shape index (κ1) is 30.3. The normalized spacial score (nSPS) is 11.5. The molecular weight excluding hydrogens is 544 g/mol. The number of aromatic nitrogens is 6. The Labute approximate surface area is 242 Å². The summed E-state index contributed by atoms with van der Waals surface area (Å²) in [5.74, 6) is 0.0837. The Morgan fingerprint density at radius 2 is 1.74 bits per heavy atom. The van der Waals surface area contributed by atoms with Crippen molar-refractivity contribution >= 4 is 12.1 Å². The first-order chi connectivity index (χ1) is 20.1. The third-order valence-corrected chi connectivity index (χ3v) is 6.06. The maximum Gasteiger partial charge on any atom is 0.510 e. The molecular formula is C29H34N6O7. The van der Waals surface area contributed by atoms with E-state index in [1.54, 1.807) is 13.8 Å². The standard InChI is InChI=1S/C29H34N6O7/c1-6-39-16-23-30-24(25(29(4,5)38)35(23)17-41-28(37)42-18(2)3)27(36)40-15-19-11-13-20(14-12-19)21-9-7-8-10-22(21)26-31-33-34-32-26/h7-14,18,38H,6,15-17H2,1-5H3,(H,31,32,33,34). The van der Waals surface area contributed by atoms with E-state index in [0.717, 1.165) is 22.3 Å². The van der Waals surface area contributed by atoms with Crippen molar-refractivity contribution < 1.29 is 33.6 Å². The van der Waals surface area contributed by atoms with Gasteiger partial charge in [-0.15, -0.1) is 5.10 Å². The molecule has 0 bridgehead atoms. The number of esters is 1. The van der Waals surface area contributed by atoms with Crippen LogP contribution in [0.2, 0.25) is 0 Å². The molecule has 0 saturated heterocycles. The largest absolute Gasteiger partial charge is 0.510 e. The Bertz CT molecular complexity index is 1490. The van der Waals surface area contributed by atoms with E-state index in [-0.39, 0.29) is 43.3 Å². The number of ether oxygens (including phenoxy) is 4. The Kier molecular flexibility index (Phi) is 9.65. The van der Waals surface area contributed by atoms with Gasteiger partial charge in [-0.1, -0.05) is 48.5 Å². The quantitative estimate of drug-likeness (QED) is 0.229. The third-order valence-electron chi connectivity index (χ3n) is 6.06. The van der Waals surface area contributed by atoms with Crippen LogP contribution in [-0.4, -0.2) is 60.1 Å². The summed E-state index contributed by atoms with van der Waals surface area (Å²) in [7, 11) is 0. The monoisotopic (exact) mass is 578 g/mol. The molecule has 2 heterocycles. The summed E-state index contributed by atoms with van der Waals surface area (Å²) < 4.78 is 22.8. The van der Waals surface area contributed by atoms with E-state index in [4.69, 9.17) is 18.9 Å². The lowest BCUT2D eigenvalue weighted by Crippen LogP contribution is -2.27. The van der Waals surface area contributed by atoms with Crippen molar-refractivity contribution in [2.75, 3.05) is 6.61 Å². The second kappa shape index (κ2) is 13.4. The molecule has 222 valence electrons. The van der Waals surface area contributed by atoms with E-state index in [2.05, 4.69) is 25.6 Å². The fraction of sp³-hybridized carbons (Fsp3) is 0.379. The number of imidazole rings is 1. The van der Waals surface area contributed by atoms with Gasteiger partial charge in [-0.25, -0.2) is 19.7 Å². The smallest absolute Gasteiger partial charge is 0.456 e. The molecule has 13 heteroatoms. The van der Waals surface area contributed by atoms with Crippen molar-refractivity contribution in [3.63, 3.8) is 0 Å². The molecule has 0 spiro atoms. The van der Waals surface area contributed by atoms with Gasteiger partial charge in [0.05, 0.1) is 11.8 Å². The maximum absolute atomic E-state index is 13.3. The van der Waals surface area contributed by atoms with Crippen LogP contribution in [0.25, 0.3) is 22.5 Å². The summed E-state index contributed by atoms with van der Waals surface area (Å²) >= 11 is 0. The fourth-order valence-corrected chi connectivity index (χ4v) is 4.26. The number of nitrogens with zero attached hydrogens (tertiary/aromatic N) is 5. The summed E-state index contributed by atoms with van der Waals surface area (Å²) in [6.07, 6.45) is -1.27. The van der Waals surface area contributed by atoms with Gasteiger partial charge in [0.25, 0.3) is 0 Å². The van der Waals surface area contributed by atoms with Crippen molar-refractivity contribution in [1.29, 1.82) is 0 Å². The number of aliphatic hydroxyl groups is 1. The Hall–Kier alpha value is -4.62. The summed E-state index contributed by atoms with van der Waals surface area (Å²) in [4.78, 5) is 29.7. The van der Waals surface area contributed by atoms with Crippen LogP contribution in [0.5, 0.6) is 0 Å². The van der Waals surface area contributed by atoms with E-state index in [1.807, 2.05) is 55.5 Å².